The lowest BCUT2D eigenvalue weighted by Crippen LogP contribution is -2.32. The molecule has 5 nitrogen and oxygen atoms in total. The van der Waals surface area contributed by atoms with Crippen molar-refractivity contribution in [2.24, 2.45) is 5.92 Å². The van der Waals surface area contributed by atoms with E-state index in [2.05, 4.69) is 10.3 Å². The molecule has 0 bridgehead atoms. The lowest BCUT2D eigenvalue weighted by Gasteiger charge is -2.25. The van der Waals surface area contributed by atoms with Crippen molar-refractivity contribution in [3.8, 4) is 17.2 Å². The van der Waals surface area contributed by atoms with E-state index in [1.165, 1.54) is 6.42 Å². The van der Waals surface area contributed by atoms with Gasteiger partial charge in [-0.2, -0.15) is 0 Å². The second-order valence-corrected chi connectivity index (χ2v) is 6.63. The maximum absolute atomic E-state index is 12.3. The predicted octanol–water partition coefficient (Wildman–Crippen LogP) is 4.26. The van der Waals surface area contributed by atoms with Crippen LogP contribution in [0.1, 0.15) is 29.8 Å². The number of para-hydroxylation sites is 1. The average molecular weight is 348 g/mol. The molecule has 1 saturated carbocycles. The van der Waals surface area contributed by atoms with Gasteiger partial charge >= 0.3 is 0 Å². The van der Waals surface area contributed by atoms with Gasteiger partial charge in [-0.25, -0.2) is 4.98 Å². The Morgan fingerprint density at radius 1 is 1.15 bits per heavy atom. The van der Waals surface area contributed by atoms with Crippen LogP contribution in [-0.2, 0) is 0 Å². The van der Waals surface area contributed by atoms with Gasteiger partial charge in [0.2, 0.25) is 0 Å². The minimum Gasteiger partial charge on any atom is -0.505 e. The Morgan fingerprint density at radius 3 is 2.69 bits per heavy atom. The second kappa shape index (κ2) is 7.04. The van der Waals surface area contributed by atoms with E-state index >= 15 is 0 Å². The summed E-state index contributed by atoms with van der Waals surface area (Å²) in [6.07, 6.45) is 5.13. The Hall–Kier alpha value is -3.08. The van der Waals surface area contributed by atoms with Crippen LogP contribution in [0.5, 0.6) is 17.2 Å². The molecule has 0 atom stereocenters. The van der Waals surface area contributed by atoms with Gasteiger partial charge in [-0.3, -0.25) is 4.79 Å². The van der Waals surface area contributed by atoms with Crippen LogP contribution in [0.2, 0.25) is 0 Å². The third-order valence-electron chi connectivity index (χ3n) is 4.81. The van der Waals surface area contributed by atoms with Crippen LogP contribution < -0.4 is 10.1 Å². The zero-order valence-corrected chi connectivity index (χ0v) is 14.3. The molecule has 132 valence electrons. The number of benzene rings is 2. The summed E-state index contributed by atoms with van der Waals surface area (Å²) in [7, 11) is 0. The molecule has 1 heterocycles. The molecule has 0 aliphatic heterocycles. The monoisotopic (exact) mass is 348 g/mol. The Bertz CT molecular complexity index is 937. The van der Waals surface area contributed by atoms with Gasteiger partial charge in [-0.05, 0) is 49.1 Å². The molecule has 1 fully saturated rings. The molecule has 0 saturated heterocycles. The van der Waals surface area contributed by atoms with Crippen LogP contribution in [0.3, 0.4) is 0 Å². The summed E-state index contributed by atoms with van der Waals surface area (Å²) in [5, 5.41) is 14.6. The third-order valence-corrected chi connectivity index (χ3v) is 4.81. The number of hydrogen-bond donors (Lipinski definition) is 2. The molecule has 5 heteroatoms. The first-order valence-electron chi connectivity index (χ1n) is 8.83. The lowest BCUT2D eigenvalue weighted by atomic mass is 9.85. The topological polar surface area (TPSA) is 71.5 Å². The molecule has 2 N–H and O–H groups in total. The van der Waals surface area contributed by atoms with Gasteiger partial charge in [0.25, 0.3) is 5.91 Å². The molecule has 4 rings (SSSR count). The van der Waals surface area contributed by atoms with Gasteiger partial charge in [-0.1, -0.05) is 24.6 Å². The normalized spacial score (nSPS) is 14.0. The molecule has 3 aromatic rings. The van der Waals surface area contributed by atoms with Crippen molar-refractivity contribution >= 4 is 16.7 Å². The highest BCUT2D eigenvalue weighted by molar-refractivity contribution is 6.01. The summed E-state index contributed by atoms with van der Waals surface area (Å²) in [5.41, 5.74) is 0.0635. The fraction of sp³-hybridized carbons (Fsp3) is 0.238. The van der Waals surface area contributed by atoms with Crippen molar-refractivity contribution in [1.29, 1.82) is 0 Å². The van der Waals surface area contributed by atoms with Gasteiger partial charge < -0.3 is 15.2 Å². The van der Waals surface area contributed by atoms with Crippen molar-refractivity contribution in [3.63, 3.8) is 0 Å². The van der Waals surface area contributed by atoms with Crippen molar-refractivity contribution < 1.29 is 14.6 Å². The third kappa shape index (κ3) is 3.33. The average Bonchev–Trinajstić information content (AvgIpc) is 2.61. The number of carbonyl (C=O) groups is 1. The number of amides is 1. The molecule has 26 heavy (non-hydrogen) atoms. The Balaban J connectivity index is 1.55. The Labute approximate surface area is 151 Å². The number of nitrogens with zero attached hydrogens (tertiary/aromatic N) is 1. The molecule has 2 aromatic carbocycles. The van der Waals surface area contributed by atoms with Crippen LogP contribution in [0.25, 0.3) is 10.8 Å². The van der Waals surface area contributed by atoms with E-state index < -0.39 is 0 Å². The Kier molecular flexibility index (Phi) is 4.44. The largest absolute Gasteiger partial charge is 0.505 e. The lowest BCUT2D eigenvalue weighted by molar-refractivity contribution is 0.0931. The number of aromatic nitrogens is 1. The number of nitrogens with one attached hydrogen (secondary N) is 1. The molecular weight excluding hydrogens is 328 g/mol. The molecule has 0 spiro atoms. The predicted molar refractivity (Wildman–Crippen MR) is 99.6 cm³/mol. The minimum absolute atomic E-state index is 0.0635. The summed E-state index contributed by atoms with van der Waals surface area (Å²) >= 11 is 0. The van der Waals surface area contributed by atoms with E-state index in [1.54, 1.807) is 24.4 Å². The quantitative estimate of drug-likeness (QED) is 0.722. The number of hydrogen-bond acceptors (Lipinski definition) is 4. The number of ether oxygens (including phenoxy) is 1. The standard InChI is InChI=1S/C21H20N2O3/c24-20-18-10-9-17(26-16-7-2-1-3-8-16)11-15(18)13-22-19(20)21(25)23-12-14-5-4-6-14/h1-3,7-11,13-14,24H,4-6,12H2,(H,23,25). The smallest absolute Gasteiger partial charge is 0.273 e. The molecule has 1 aliphatic rings. The van der Waals surface area contributed by atoms with Crippen molar-refractivity contribution in [2.75, 3.05) is 6.54 Å². The van der Waals surface area contributed by atoms with Crippen LogP contribution in [0, 0.1) is 5.92 Å². The van der Waals surface area contributed by atoms with Crippen LogP contribution in [-0.4, -0.2) is 22.5 Å². The van der Waals surface area contributed by atoms with Gasteiger partial charge in [0, 0.05) is 23.5 Å². The molecule has 1 aliphatic carbocycles. The number of aromatic hydroxyl groups is 1. The van der Waals surface area contributed by atoms with Crippen molar-refractivity contribution in [3.05, 3.63) is 60.4 Å². The first kappa shape index (κ1) is 16.4. The van der Waals surface area contributed by atoms with Crippen LogP contribution in [0.4, 0.5) is 0 Å². The fourth-order valence-corrected chi connectivity index (χ4v) is 3.06. The summed E-state index contributed by atoms with van der Waals surface area (Å²) in [6, 6.07) is 14.8. The first-order valence-corrected chi connectivity index (χ1v) is 8.83. The van der Waals surface area contributed by atoms with Crippen LogP contribution >= 0.6 is 0 Å². The minimum atomic E-state index is -0.332. The molecule has 1 aromatic heterocycles. The van der Waals surface area contributed by atoms with Crippen LogP contribution in [0.15, 0.2) is 54.7 Å². The van der Waals surface area contributed by atoms with E-state index in [0.29, 0.717) is 29.0 Å². The van der Waals surface area contributed by atoms with E-state index in [0.717, 1.165) is 18.6 Å². The van der Waals surface area contributed by atoms with E-state index in [-0.39, 0.29) is 17.4 Å². The highest BCUT2D eigenvalue weighted by Crippen LogP contribution is 2.31. The highest BCUT2D eigenvalue weighted by atomic mass is 16.5. The van der Waals surface area contributed by atoms with E-state index in [9.17, 15) is 9.90 Å². The van der Waals surface area contributed by atoms with Crippen molar-refractivity contribution in [2.45, 2.75) is 19.3 Å². The molecule has 0 radical (unpaired) electrons. The fourth-order valence-electron chi connectivity index (χ4n) is 3.06. The first-order chi connectivity index (χ1) is 12.7. The maximum atomic E-state index is 12.3. The van der Waals surface area contributed by atoms with Gasteiger partial charge in [-0.15, -0.1) is 0 Å². The molecule has 1 amide bonds. The van der Waals surface area contributed by atoms with Gasteiger partial charge in [0.1, 0.15) is 11.5 Å². The zero-order chi connectivity index (χ0) is 17.9. The SMILES string of the molecule is O=C(NCC1CCC1)c1ncc2cc(Oc3ccccc3)ccc2c1O. The second-order valence-electron chi connectivity index (χ2n) is 6.63. The zero-order valence-electron chi connectivity index (χ0n) is 14.3. The summed E-state index contributed by atoms with van der Waals surface area (Å²) in [6.45, 7) is 0.641. The molecular formula is C21H20N2O3. The van der Waals surface area contributed by atoms with Gasteiger partial charge in [0.15, 0.2) is 11.4 Å². The van der Waals surface area contributed by atoms with E-state index in [4.69, 9.17) is 4.74 Å². The summed E-state index contributed by atoms with van der Waals surface area (Å²) < 4.78 is 5.80. The van der Waals surface area contributed by atoms with E-state index in [1.807, 2.05) is 30.3 Å². The highest BCUT2D eigenvalue weighted by Gasteiger charge is 2.21. The summed E-state index contributed by atoms with van der Waals surface area (Å²) in [4.78, 5) is 16.5. The molecule has 0 unspecified atom stereocenters. The van der Waals surface area contributed by atoms with Gasteiger partial charge in [0.05, 0.1) is 0 Å². The number of pyridine rings is 1. The number of rotatable bonds is 5. The number of fused-ring (bicyclic) bond motifs is 1. The number of carbonyl (C=O) groups excluding carboxylic acids is 1. The van der Waals surface area contributed by atoms with Crippen molar-refractivity contribution in [1.82, 2.24) is 10.3 Å². The maximum Gasteiger partial charge on any atom is 0.273 e. The Morgan fingerprint density at radius 2 is 1.96 bits per heavy atom. The summed E-state index contributed by atoms with van der Waals surface area (Å²) in [5.74, 6) is 1.50.